The molecule has 6 unspecified atom stereocenters. The Labute approximate surface area is 492 Å². The Morgan fingerprint density at radius 3 is 0.688 bits per heavy atom. The summed E-state index contributed by atoms with van der Waals surface area (Å²) in [5.74, 6) is 14.8. The lowest BCUT2D eigenvalue weighted by Crippen LogP contribution is -2.24. The van der Waals surface area contributed by atoms with Crippen LogP contribution in [0, 0.1) is 116 Å². The molecule has 9 fully saturated rings. The van der Waals surface area contributed by atoms with Gasteiger partial charge in [-0.3, -0.25) is 0 Å². The van der Waals surface area contributed by atoms with Gasteiger partial charge in [-0.2, -0.15) is 0 Å². The van der Waals surface area contributed by atoms with E-state index in [0.29, 0.717) is 27.1 Å². The Balaban J connectivity index is 0.000000837. The molecule has 0 bridgehead atoms. The highest BCUT2D eigenvalue weighted by Crippen LogP contribution is 2.53. The average Bonchev–Trinajstić information content (AvgIpc) is 4.16. The van der Waals surface area contributed by atoms with E-state index in [2.05, 4.69) is 187 Å². The van der Waals surface area contributed by atoms with Crippen molar-refractivity contribution in [1.29, 1.82) is 0 Å². The minimum atomic E-state index is 0.500. The van der Waals surface area contributed by atoms with Crippen molar-refractivity contribution in [3.05, 3.63) is 0 Å². The molecule has 0 heterocycles. The van der Waals surface area contributed by atoms with Crippen molar-refractivity contribution in [3.8, 4) is 0 Å². The minimum Gasteiger partial charge on any atom is -0.0625 e. The molecule has 0 amide bonds. The third-order valence-corrected chi connectivity index (χ3v) is 23.5. The van der Waals surface area contributed by atoms with Crippen LogP contribution in [0.25, 0.3) is 0 Å². The highest BCUT2D eigenvalue weighted by molar-refractivity contribution is 4.93. The van der Waals surface area contributed by atoms with Crippen LogP contribution in [-0.2, 0) is 0 Å². The zero-order valence-corrected chi connectivity index (χ0v) is 59.4. The van der Waals surface area contributed by atoms with Gasteiger partial charge >= 0.3 is 0 Å². The Morgan fingerprint density at radius 1 is 0.247 bits per heavy atom. The van der Waals surface area contributed by atoms with E-state index in [4.69, 9.17) is 0 Å². The normalized spacial score (nSPS) is 34.2. The summed E-state index contributed by atoms with van der Waals surface area (Å²) < 4.78 is 0. The van der Waals surface area contributed by atoms with Gasteiger partial charge in [0.2, 0.25) is 0 Å². The van der Waals surface area contributed by atoms with E-state index in [0.717, 1.165) is 88.8 Å². The van der Waals surface area contributed by atoms with E-state index in [1.807, 2.05) is 0 Å². The van der Waals surface area contributed by atoms with E-state index < -0.39 is 0 Å². The summed E-state index contributed by atoms with van der Waals surface area (Å²) in [5.41, 5.74) is 2.99. The largest absolute Gasteiger partial charge is 0.0625 e. The van der Waals surface area contributed by atoms with Gasteiger partial charge in [0.05, 0.1) is 0 Å². The summed E-state index contributed by atoms with van der Waals surface area (Å²) in [4.78, 5) is 0. The molecular weight excluding hydrogens is 925 g/mol. The number of hydrogen-bond donors (Lipinski definition) is 0. The Bertz CT molecular complexity index is 1300. The molecule has 9 rings (SSSR count). The van der Waals surface area contributed by atoms with Crippen molar-refractivity contribution in [1.82, 2.24) is 0 Å². The van der Waals surface area contributed by atoms with Gasteiger partial charge in [-0.15, -0.1) is 0 Å². The van der Waals surface area contributed by atoms with Crippen LogP contribution in [0.15, 0.2) is 0 Å². The molecule has 9 aliphatic rings. The maximum absolute atomic E-state index is 2.40. The maximum Gasteiger partial charge on any atom is -0.0323 e. The number of rotatable bonds is 0. The van der Waals surface area contributed by atoms with E-state index in [-0.39, 0.29) is 0 Å². The molecule has 0 saturated heterocycles. The van der Waals surface area contributed by atoms with Gasteiger partial charge in [-0.1, -0.05) is 347 Å². The first-order valence-corrected chi connectivity index (χ1v) is 35.4. The molecule has 0 aromatic heterocycles. The van der Waals surface area contributed by atoms with Gasteiger partial charge in [-0.05, 0) is 148 Å². The molecule has 0 radical (unpaired) electrons. The molecule has 0 aliphatic heterocycles. The quantitative estimate of drug-likeness (QED) is 0.227. The molecule has 0 nitrogen and oxygen atoms in total. The maximum atomic E-state index is 2.40. The predicted octanol–water partition coefficient (Wildman–Crippen LogP) is 27.4. The van der Waals surface area contributed by atoms with Gasteiger partial charge in [0.25, 0.3) is 0 Å². The lowest BCUT2D eigenvalue weighted by atomic mass is 9.74. The van der Waals surface area contributed by atoms with Gasteiger partial charge < -0.3 is 0 Å². The summed E-state index contributed by atoms with van der Waals surface area (Å²) in [7, 11) is 0. The molecule has 0 N–H and O–H groups in total. The van der Waals surface area contributed by atoms with Crippen LogP contribution < -0.4 is 0 Å². The van der Waals surface area contributed by atoms with Gasteiger partial charge in [0, 0.05) is 0 Å². The highest BCUT2D eigenvalue weighted by Gasteiger charge is 2.43. The molecule has 0 heteroatoms. The second kappa shape index (κ2) is 38.8. The van der Waals surface area contributed by atoms with Crippen LogP contribution in [0.1, 0.15) is 380 Å². The first-order chi connectivity index (χ1) is 35.4. The van der Waals surface area contributed by atoms with Gasteiger partial charge in [-0.25, -0.2) is 0 Å². The lowest BCUT2D eigenvalue weighted by molar-refractivity contribution is 0.179. The van der Waals surface area contributed by atoms with Crippen LogP contribution in [-0.4, -0.2) is 0 Å². The van der Waals surface area contributed by atoms with E-state index in [1.165, 1.54) is 193 Å². The molecule has 0 aromatic rings. The molecule has 77 heavy (non-hydrogen) atoms. The molecule has 0 spiro atoms. The zero-order chi connectivity index (χ0) is 59.4. The zero-order valence-electron chi connectivity index (χ0n) is 59.4. The summed E-state index contributed by atoms with van der Waals surface area (Å²) >= 11 is 0. The van der Waals surface area contributed by atoms with Crippen molar-refractivity contribution in [2.24, 2.45) is 116 Å². The van der Waals surface area contributed by atoms with Crippen LogP contribution in [0.5, 0.6) is 0 Å². The summed E-state index contributed by atoms with van der Waals surface area (Å²) in [5, 5.41) is 0. The van der Waals surface area contributed by atoms with Crippen LogP contribution in [0.2, 0.25) is 0 Å². The fourth-order valence-electron chi connectivity index (χ4n) is 13.9. The minimum absolute atomic E-state index is 0.500. The fraction of sp³-hybridized carbons (Fsp3) is 1.00. The van der Waals surface area contributed by atoms with Gasteiger partial charge in [0.15, 0.2) is 0 Å². The average molecular weight is 1080 g/mol. The van der Waals surface area contributed by atoms with Gasteiger partial charge in [0.1, 0.15) is 0 Å². The smallest absolute Gasteiger partial charge is 0.0323 e. The molecule has 9 atom stereocenters. The summed E-state index contributed by atoms with van der Waals surface area (Å²) in [6, 6.07) is 0. The van der Waals surface area contributed by atoms with Crippen molar-refractivity contribution in [2.45, 2.75) is 380 Å². The third kappa shape index (κ3) is 36.4. The highest BCUT2D eigenvalue weighted by atomic mass is 14.5. The summed E-state index contributed by atoms with van der Waals surface area (Å²) in [6.45, 7) is 63.5. The van der Waals surface area contributed by atoms with E-state index in [1.54, 1.807) is 0 Å². The van der Waals surface area contributed by atoms with Crippen molar-refractivity contribution >= 4 is 0 Å². The number of hydrogen-bond acceptors (Lipinski definition) is 0. The Morgan fingerprint density at radius 2 is 0.519 bits per heavy atom. The Kier molecular flexibility index (Phi) is 38.8. The van der Waals surface area contributed by atoms with Crippen molar-refractivity contribution < 1.29 is 0 Å². The molecular formula is C77H156. The molecule has 464 valence electrons. The third-order valence-electron chi connectivity index (χ3n) is 23.5. The molecule has 9 aliphatic carbocycles. The van der Waals surface area contributed by atoms with E-state index in [9.17, 15) is 0 Å². The van der Waals surface area contributed by atoms with Crippen molar-refractivity contribution in [3.63, 3.8) is 0 Å². The summed E-state index contributed by atoms with van der Waals surface area (Å²) in [6.07, 6.45) is 44.0. The van der Waals surface area contributed by atoms with Crippen LogP contribution in [0.3, 0.4) is 0 Å². The first-order valence-electron chi connectivity index (χ1n) is 35.4. The van der Waals surface area contributed by atoms with Crippen LogP contribution in [0.4, 0.5) is 0 Å². The fourth-order valence-corrected chi connectivity index (χ4v) is 13.9. The SMILES string of the molecule is CC(C)(C)C.CC1C(C)(C)CCC1(C)C.CC1CCC(C)(C)CC1.CC1CCC(C)C1C.CC1CCCC(C)C1C.CC1CCCC1.CC1CCCCC1.CC1CCCC[C@H]1C.CC1CCC[C@H]1C.C[C@@H]1CCCC1(C)C. The topological polar surface area (TPSA) is 0 Å². The second-order valence-corrected chi connectivity index (χ2v) is 34.7. The molecule has 0 aromatic carbocycles. The van der Waals surface area contributed by atoms with Crippen molar-refractivity contribution in [2.75, 3.05) is 0 Å². The second-order valence-electron chi connectivity index (χ2n) is 34.7. The monoisotopic (exact) mass is 1080 g/mol. The Hall–Kier alpha value is 0. The van der Waals surface area contributed by atoms with E-state index >= 15 is 0 Å². The molecule has 9 saturated carbocycles. The first kappa shape index (κ1) is 77.0. The lowest BCUT2D eigenvalue weighted by Gasteiger charge is -2.32. The standard InChI is InChI=1S/C10H20.2C9H18.3C8H16.2C7H14.C6H12.C5H12/c1-8-9(2,3)6-7-10(8,4)5;1-8-4-6-9(2,3)7-5-8;1-7-5-4-6-8(2)9(7)3;1-7-5-4-6-8(7,2)3;1-6-4-5-7(2)8(6)3;1-7-5-3-4-6-8(7)2;1-6-4-3-5-7(6)2;1-7-5-3-2-4-6-7;1-6-4-2-3-5-6;1-5(2,3)4/h8H,6-7H2,1-5H3;8H,4-7H2,1-3H3;7-9H,4-6H2,1-3H3;7H,4-6H2,1-3H3;6-8H,4-5H2,1-3H3;7-8H,3-6H2,1-2H3;6-7H,3-5H2,1-2H3;7H,2-6H2,1H3;6H,2-5H2,1H3;1-4H3/t;;;7-;;7-,8?;6-,7?;;;/m...1.11.../s1. The van der Waals surface area contributed by atoms with Crippen LogP contribution >= 0.6 is 0 Å². The predicted molar refractivity (Wildman–Crippen MR) is 356 cm³/mol.